The average molecular weight is 847 g/mol. The molecule has 0 spiro atoms. The summed E-state index contributed by atoms with van der Waals surface area (Å²) in [6, 6.07) is 0.393. The molecule has 0 aromatic heterocycles. The van der Waals surface area contributed by atoms with Gasteiger partial charge in [0.25, 0.3) is 0 Å². The predicted molar refractivity (Wildman–Crippen MR) is 214 cm³/mol. The van der Waals surface area contributed by atoms with E-state index in [1.807, 2.05) is 0 Å². The van der Waals surface area contributed by atoms with Gasteiger partial charge in [-0.15, -0.1) is 4.33 Å². The molecule has 57 heavy (non-hydrogen) atoms. The highest BCUT2D eigenvalue weighted by molar-refractivity contribution is 7.89. The number of carbonyl (C=O) groups excluding carboxylic acids is 1. The molecule has 7 atom stereocenters. The van der Waals surface area contributed by atoms with Gasteiger partial charge in [0.1, 0.15) is 0 Å². The van der Waals surface area contributed by atoms with Crippen LogP contribution in [0.15, 0.2) is 0 Å². The van der Waals surface area contributed by atoms with Gasteiger partial charge < -0.3 is 20.5 Å². The van der Waals surface area contributed by atoms with E-state index in [4.69, 9.17) is 26.5 Å². The van der Waals surface area contributed by atoms with Crippen molar-refractivity contribution in [3.05, 3.63) is 0 Å². The first-order chi connectivity index (χ1) is 27.6. The van der Waals surface area contributed by atoms with Gasteiger partial charge in [-0.25, -0.2) is 9.78 Å². The molecule has 6 fully saturated rings. The molecular formula is C41H70N2O12S2. The fourth-order valence-electron chi connectivity index (χ4n) is 10.2. The molecule has 6 aliphatic rings. The molecule has 328 valence electrons. The summed E-state index contributed by atoms with van der Waals surface area (Å²) in [6.07, 6.45) is 18.8. The lowest BCUT2D eigenvalue weighted by Gasteiger charge is -2.40. The number of carbonyl (C=O) groups is 2. The highest BCUT2D eigenvalue weighted by Gasteiger charge is 2.41. The molecule has 0 bridgehead atoms. The van der Waals surface area contributed by atoms with Gasteiger partial charge in [0.05, 0.1) is 55.1 Å². The highest BCUT2D eigenvalue weighted by Crippen LogP contribution is 2.37. The number of ether oxygens (including phenoxy) is 1. The molecule has 16 heteroatoms. The third-order valence-corrected chi connectivity index (χ3v) is 15.3. The predicted octanol–water partition coefficient (Wildman–Crippen LogP) is 7.52. The third-order valence-electron chi connectivity index (χ3n) is 14.0. The second-order valence-corrected chi connectivity index (χ2v) is 19.6. The Kier molecular flexibility index (Phi) is 18.7. The number of aliphatic carboxylic acids is 1. The standard InChI is InChI=1S/C41H70N2O12S2/c1-26-3-12-33(13-4-26)51-55-56-52-35-21-22-37(41(45)46)38(23-35)40(44)43-30-10-19-32(20-11-30)50-31-17-8-29(9-18-31)42-39-24-36(16-7-28(39)25-49-47)54-57(48)53-34-14-5-27(2)6-15-34/h26-39,42,47H,3-25H2,1-2H3,(H,43,44)(H,45,46). The zero-order valence-electron chi connectivity index (χ0n) is 34.1. The summed E-state index contributed by atoms with van der Waals surface area (Å²) in [5.74, 6) is -0.981. The zero-order valence-corrected chi connectivity index (χ0v) is 35.8. The van der Waals surface area contributed by atoms with E-state index in [1.54, 1.807) is 0 Å². The lowest BCUT2D eigenvalue weighted by atomic mass is 9.77. The van der Waals surface area contributed by atoms with E-state index in [-0.39, 0.29) is 67.1 Å². The van der Waals surface area contributed by atoms with E-state index in [2.05, 4.69) is 29.4 Å². The average Bonchev–Trinajstić information content (AvgIpc) is 3.20. The Morgan fingerprint density at radius 1 is 0.649 bits per heavy atom. The van der Waals surface area contributed by atoms with Gasteiger partial charge in [0, 0.05) is 24.0 Å². The lowest BCUT2D eigenvalue weighted by Crippen LogP contribution is -2.50. The minimum absolute atomic E-state index is 0.000583. The number of carboxylic acids is 1. The van der Waals surface area contributed by atoms with Crippen LogP contribution in [-0.2, 0) is 52.3 Å². The van der Waals surface area contributed by atoms with Crippen molar-refractivity contribution in [2.45, 2.75) is 210 Å². The van der Waals surface area contributed by atoms with Gasteiger partial charge >= 0.3 is 17.3 Å². The van der Waals surface area contributed by atoms with Crippen molar-refractivity contribution in [3.63, 3.8) is 0 Å². The Morgan fingerprint density at radius 3 is 1.84 bits per heavy atom. The number of hydrogen-bond acceptors (Lipinski definition) is 13. The van der Waals surface area contributed by atoms with Gasteiger partial charge in [-0.3, -0.25) is 27.4 Å². The van der Waals surface area contributed by atoms with Crippen molar-refractivity contribution in [1.82, 2.24) is 10.6 Å². The number of carboxylic acid groups (broad SMARTS) is 1. The zero-order chi connectivity index (χ0) is 40.1. The molecule has 0 heterocycles. The van der Waals surface area contributed by atoms with Gasteiger partial charge in [-0.1, -0.05) is 13.8 Å². The van der Waals surface area contributed by atoms with Crippen LogP contribution in [0, 0.1) is 29.6 Å². The highest BCUT2D eigenvalue weighted by atomic mass is 32.2. The molecule has 0 radical (unpaired) electrons. The van der Waals surface area contributed by atoms with Crippen molar-refractivity contribution in [2.75, 3.05) is 6.61 Å². The van der Waals surface area contributed by atoms with Crippen LogP contribution in [0.25, 0.3) is 0 Å². The summed E-state index contributed by atoms with van der Waals surface area (Å²) >= 11 is -0.972. The third kappa shape index (κ3) is 14.6. The number of amides is 1. The minimum atomic E-state index is -1.77. The second kappa shape index (κ2) is 23.3. The molecule has 14 nitrogen and oxygen atoms in total. The van der Waals surface area contributed by atoms with Crippen molar-refractivity contribution in [1.29, 1.82) is 0 Å². The van der Waals surface area contributed by atoms with Gasteiger partial charge in [-0.05, 0) is 153 Å². The SMILES string of the molecule is CC1CCC(OOSOC2CCC(C(=O)O)C(C(=O)NC3CCC(OC4CCC(NC5CC(OS(=O)OC6CCC(C)CC6)CCC5COO)CC4)CC3)C2)CC1. The molecule has 7 unspecified atom stereocenters. The Labute approximate surface area is 346 Å². The molecule has 6 rings (SSSR count). The normalized spacial score (nSPS) is 39.9. The van der Waals surface area contributed by atoms with Crippen molar-refractivity contribution >= 4 is 35.6 Å². The minimum Gasteiger partial charge on any atom is -0.481 e. The monoisotopic (exact) mass is 846 g/mol. The molecule has 0 saturated heterocycles. The van der Waals surface area contributed by atoms with E-state index in [1.165, 1.54) is 0 Å². The first-order valence-corrected chi connectivity index (χ1v) is 23.9. The first-order valence-electron chi connectivity index (χ1n) is 22.2. The smallest absolute Gasteiger partial charge is 0.307 e. The van der Waals surface area contributed by atoms with E-state index in [0.717, 1.165) is 128 Å². The van der Waals surface area contributed by atoms with E-state index >= 15 is 0 Å². The summed E-state index contributed by atoms with van der Waals surface area (Å²) in [5.41, 5.74) is 0. The number of hydrogen-bond donors (Lipinski definition) is 4. The molecule has 6 saturated carbocycles. The van der Waals surface area contributed by atoms with Crippen LogP contribution >= 0.6 is 12.3 Å². The largest absolute Gasteiger partial charge is 0.481 e. The second-order valence-electron chi connectivity index (χ2n) is 18.3. The van der Waals surface area contributed by atoms with Crippen LogP contribution in [0.4, 0.5) is 0 Å². The molecule has 0 aromatic carbocycles. The molecule has 4 N–H and O–H groups in total. The summed E-state index contributed by atoms with van der Waals surface area (Å²) in [6.45, 7) is 4.75. The molecule has 1 amide bonds. The molecule has 6 aliphatic carbocycles. The molecule has 0 aliphatic heterocycles. The summed E-state index contributed by atoms with van der Waals surface area (Å²) in [5, 5.41) is 26.2. The summed E-state index contributed by atoms with van der Waals surface area (Å²) < 4.78 is 42.1. The van der Waals surface area contributed by atoms with Gasteiger partial charge in [0.15, 0.2) is 12.3 Å². The van der Waals surface area contributed by atoms with Crippen LogP contribution in [0.5, 0.6) is 0 Å². The fourth-order valence-corrected chi connectivity index (χ4v) is 11.5. The van der Waals surface area contributed by atoms with Crippen molar-refractivity contribution < 1.29 is 55.6 Å². The fraction of sp³-hybridized carbons (Fsp3) is 0.951. The molecule has 0 aromatic rings. The van der Waals surface area contributed by atoms with Crippen molar-refractivity contribution in [2.24, 2.45) is 29.6 Å². The number of rotatable bonds is 18. The molecular weight excluding hydrogens is 777 g/mol. The Balaban J connectivity index is 0.866. The van der Waals surface area contributed by atoms with E-state index < -0.39 is 29.2 Å². The maximum absolute atomic E-state index is 13.5. The van der Waals surface area contributed by atoms with Gasteiger partial charge in [0.2, 0.25) is 5.91 Å². The summed E-state index contributed by atoms with van der Waals surface area (Å²) in [4.78, 5) is 35.7. The number of nitrogens with one attached hydrogen (secondary N) is 2. The first kappa shape index (κ1) is 45.6. The topological polar surface area (TPSA) is 180 Å². The Morgan fingerprint density at radius 2 is 1.21 bits per heavy atom. The summed E-state index contributed by atoms with van der Waals surface area (Å²) in [7, 11) is 0. The lowest BCUT2D eigenvalue weighted by molar-refractivity contribution is -0.254. The Hall–Kier alpha value is -0.920. The maximum Gasteiger partial charge on any atom is 0.307 e. The quantitative estimate of drug-likeness (QED) is 0.0460. The van der Waals surface area contributed by atoms with Crippen LogP contribution in [-0.4, -0.2) is 87.8 Å². The van der Waals surface area contributed by atoms with Crippen LogP contribution in [0.1, 0.15) is 155 Å². The van der Waals surface area contributed by atoms with Crippen LogP contribution in [0.2, 0.25) is 0 Å². The maximum atomic E-state index is 13.5. The van der Waals surface area contributed by atoms with E-state index in [9.17, 15) is 24.2 Å². The van der Waals surface area contributed by atoms with Crippen LogP contribution < -0.4 is 10.6 Å². The van der Waals surface area contributed by atoms with Crippen molar-refractivity contribution in [3.8, 4) is 0 Å². The van der Waals surface area contributed by atoms with Crippen LogP contribution in [0.3, 0.4) is 0 Å². The van der Waals surface area contributed by atoms with Gasteiger partial charge in [-0.2, -0.15) is 4.21 Å². The Bertz CT molecular complexity index is 1240. The van der Waals surface area contributed by atoms with E-state index in [0.29, 0.717) is 43.6 Å².